The number of amides is 1. The first-order chi connectivity index (χ1) is 13.8. The highest BCUT2D eigenvalue weighted by atomic mass is 32.1. The van der Waals surface area contributed by atoms with Crippen LogP contribution >= 0.6 is 22.7 Å². The average molecular weight is 412 g/mol. The maximum Gasteiger partial charge on any atom is 0.257 e. The number of furan rings is 1. The van der Waals surface area contributed by atoms with Crippen molar-refractivity contribution >= 4 is 34.3 Å². The first-order valence-corrected chi connectivity index (χ1v) is 11.3. The monoisotopic (exact) mass is 411 g/mol. The molecule has 0 bridgehead atoms. The van der Waals surface area contributed by atoms with E-state index >= 15 is 0 Å². The Balaban J connectivity index is 1.37. The number of hydrogen-bond donors (Lipinski definition) is 0. The van der Waals surface area contributed by atoms with Gasteiger partial charge in [0.25, 0.3) is 5.91 Å². The van der Waals surface area contributed by atoms with E-state index in [0.717, 1.165) is 22.9 Å². The van der Waals surface area contributed by atoms with Crippen LogP contribution in [0.2, 0.25) is 0 Å². The average Bonchev–Trinajstić information content (AvgIpc) is 3.24. The van der Waals surface area contributed by atoms with Crippen LogP contribution in [0.3, 0.4) is 0 Å². The molecular formula is C21H21N3O2S2. The molecule has 0 aromatic carbocycles. The van der Waals surface area contributed by atoms with Crippen molar-refractivity contribution in [3.8, 4) is 0 Å². The molecule has 1 atom stereocenters. The van der Waals surface area contributed by atoms with Gasteiger partial charge in [0.15, 0.2) is 0 Å². The summed E-state index contributed by atoms with van der Waals surface area (Å²) in [4.78, 5) is 18.0. The zero-order chi connectivity index (χ0) is 18.9. The molecule has 5 rings (SSSR count). The van der Waals surface area contributed by atoms with Crippen LogP contribution in [0.15, 0.2) is 62.9 Å². The number of carbonyl (C=O) groups excluding carboxylic acids is 1. The predicted octanol–water partition coefficient (Wildman–Crippen LogP) is 4.74. The molecule has 1 aliphatic heterocycles. The fourth-order valence-electron chi connectivity index (χ4n) is 3.64. The van der Waals surface area contributed by atoms with Gasteiger partial charge in [-0.05, 0) is 47.9 Å². The Morgan fingerprint density at radius 3 is 2.71 bits per heavy atom. The Morgan fingerprint density at radius 2 is 2.04 bits per heavy atom. The Hall–Kier alpha value is -2.22. The Labute approximate surface area is 171 Å². The van der Waals surface area contributed by atoms with Gasteiger partial charge in [-0.25, -0.2) is 5.01 Å². The second-order valence-corrected chi connectivity index (χ2v) is 9.19. The molecule has 4 heterocycles. The maximum absolute atomic E-state index is 13.3. The largest absolute Gasteiger partial charge is 0.467 e. The molecule has 1 aliphatic carbocycles. The van der Waals surface area contributed by atoms with Gasteiger partial charge in [0.1, 0.15) is 11.8 Å². The molecule has 5 nitrogen and oxygen atoms in total. The molecule has 0 spiro atoms. The van der Waals surface area contributed by atoms with E-state index in [1.807, 2.05) is 23.6 Å². The standard InChI is InChI=1S/C21H21N3O2S2/c25-21(14-23(15-7-8-15)13-16-4-2-10-27-16)24-18(19-5-1-9-26-19)12-17(22-24)20-6-3-11-28-20/h1-6,9-11,15,18H,7-8,12-14H2. The smallest absolute Gasteiger partial charge is 0.257 e. The van der Waals surface area contributed by atoms with E-state index in [9.17, 15) is 4.79 Å². The Bertz CT molecular complexity index is 944. The van der Waals surface area contributed by atoms with Crippen molar-refractivity contribution in [3.05, 3.63) is 68.9 Å². The van der Waals surface area contributed by atoms with Crippen LogP contribution in [0, 0.1) is 0 Å². The summed E-state index contributed by atoms with van der Waals surface area (Å²) in [5.41, 5.74) is 0.959. The summed E-state index contributed by atoms with van der Waals surface area (Å²) < 4.78 is 5.64. The number of nitrogens with zero attached hydrogens (tertiary/aromatic N) is 3. The highest BCUT2D eigenvalue weighted by Crippen LogP contribution is 2.35. The number of carbonyl (C=O) groups is 1. The summed E-state index contributed by atoms with van der Waals surface area (Å²) >= 11 is 3.40. The van der Waals surface area contributed by atoms with Crippen LogP contribution in [0.4, 0.5) is 0 Å². The second-order valence-electron chi connectivity index (χ2n) is 7.21. The third-order valence-corrected chi connectivity index (χ3v) is 6.96. The molecule has 1 saturated carbocycles. The van der Waals surface area contributed by atoms with Crippen LogP contribution in [0.1, 0.15) is 40.8 Å². The molecule has 7 heteroatoms. The number of thiophene rings is 2. The van der Waals surface area contributed by atoms with Gasteiger partial charge in [-0.3, -0.25) is 9.69 Å². The van der Waals surface area contributed by atoms with Gasteiger partial charge in [0.05, 0.1) is 23.4 Å². The number of hydrazone groups is 1. The van der Waals surface area contributed by atoms with Crippen molar-refractivity contribution in [1.29, 1.82) is 0 Å². The minimum atomic E-state index is -0.164. The van der Waals surface area contributed by atoms with Crippen molar-refractivity contribution in [2.75, 3.05) is 6.54 Å². The maximum atomic E-state index is 13.3. The quantitative estimate of drug-likeness (QED) is 0.564. The van der Waals surface area contributed by atoms with Crippen LogP contribution in [-0.4, -0.2) is 34.1 Å². The Kier molecular flexibility index (Phi) is 4.88. The second kappa shape index (κ2) is 7.66. The van der Waals surface area contributed by atoms with E-state index in [0.29, 0.717) is 19.0 Å². The zero-order valence-electron chi connectivity index (χ0n) is 15.4. The molecule has 1 amide bonds. The van der Waals surface area contributed by atoms with E-state index < -0.39 is 0 Å². The lowest BCUT2D eigenvalue weighted by Crippen LogP contribution is -2.38. The molecular weight excluding hydrogens is 390 g/mol. The van der Waals surface area contributed by atoms with Gasteiger partial charge in [0.2, 0.25) is 0 Å². The Morgan fingerprint density at radius 1 is 1.18 bits per heavy atom. The summed E-state index contributed by atoms with van der Waals surface area (Å²) in [7, 11) is 0. The lowest BCUT2D eigenvalue weighted by atomic mass is 10.1. The molecule has 3 aromatic heterocycles. The molecule has 144 valence electrons. The van der Waals surface area contributed by atoms with Gasteiger partial charge in [-0.2, -0.15) is 5.10 Å². The molecule has 2 aliphatic rings. The number of hydrogen-bond acceptors (Lipinski definition) is 6. The van der Waals surface area contributed by atoms with Crippen LogP contribution in [-0.2, 0) is 11.3 Å². The summed E-state index contributed by atoms with van der Waals surface area (Å²) in [6, 6.07) is 12.4. The molecule has 1 unspecified atom stereocenters. The van der Waals surface area contributed by atoms with Crippen LogP contribution < -0.4 is 0 Å². The minimum Gasteiger partial charge on any atom is -0.467 e. The van der Waals surface area contributed by atoms with Crippen molar-refractivity contribution in [1.82, 2.24) is 9.91 Å². The van der Waals surface area contributed by atoms with Gasteiger partial charge in [-0.1, -0.05) is 12.1 Å². The lowest BCUT2D eigenvalue weighted by Gasteiger charge is -2.25. The van der Waals surface area contributed by atoms with Crippen LogP contribution in [0.25, 0.3) is 0 Å². The van der Waals surface area contributed by atoms with Gasteiger partial charge >= 0.3 is 0 Å². The topological polar surface area (TPSA) is 49.1 Å². The summed E-state index contributed by atoms with van der Waals surface area (Å²) in [6.45, 7) is 1.22. The fourth-order valence-corrected chi connectivity index (χ4v) is 5.09. The molecule has 0 saturated heterocycles. The van der Waals surface area contributed by atoms with E-state index in [-0.39, 0.29) is 11.9 Å². The molecule has 0 N–H and O–H groups in total. The minimum absolute atomic E-state index is 0.0383. The van der Waals surface area contributed by atoms with Crippen molar-refractivity contribution in [2.45, 2.75) is 37.9 Å². The third kappa shape index (κ3) is 3.70. The third-order valence-electron chi connectivity index (χ3n) is 5.18. The van der Waals surface area contributed by atoms with Gasteiger partial charge in [0, 0.05) is 23.9 Å². The zero-order valence-corrected chi connectivity index (χ0v) is 17.0. The molecule has 28 heavy (non-hydrogen) atoms. The SMILES string of the molecule is O=C(CN(Cc1cccs1)C1CC1)N1N=C(c2cccs2)CC1c1ccco1. The van der Waals surface area contributed by atoms with Gasteiger partial charge < -0.3 is 4.42 Å². The summed E-state index contributed by atoms with van der Waals surface area (Å²) in [6.07, 6.45) is 4.69. The predicted molar refractivity (Wildman–Crippen MR) is 112 cm³/mol. The molecule has 3 aromatic rings. The van der Waals surface area contributed by atoms with Crippen molar-refractivity contribution < 1.29 is 9.21 Å². The summed E-state index contributed by atoms with van der Waals surface area (Å²) in [5, 5.41) is 10.5. The highest BCUT2D eigenvalue weighted by molar-refractivity contribution is 7.12. The summed E-state index contributed by atoms with van der Waals surface area (Å²) in [5.74, 6) is 0.830. The lowest BCUT2D eigenvalue weighted by molar-refractivity contribution is -0.134. The van der Waals surface area contributed by atoms with E-state index in [4.69, 9.17) is 9.52 Å². The normalized spacial score (nSPS) is 19.4. The van der Waals surface area contributed by atoms with E-state index in [1.165, 1.54) is 17.7 Å². The van der Waals surface area contributed by atoms with Gasteiger partial charge in [-0.15, -0.1) is 22.7 Å². The highest BCUT2D eigenvalue weighted by Gasteiger charge is 2.38. The van der Waals surface area contributed by atoms with E-state index in [1.54, 1.807) is 33.9 Å². The fraction of sp³-hybridized carbons (Fsp3) is 0.333. The molecule has 0 radical (unpaired) electrons. The van der Waals surface area contributed by atoms with Crippen molar-refractivity contribution in [3.63, 3.8) is 0 Å². The first kappa shape index (κ1) is 17.8. The van der Waals surface area contributed by atoms with Crippen molar-refractivity contribution in [2.24, 2.45) is 5.10 Å². The van der Waals surface area contributed by atoms with Crippen LogP contribution in [0.5, 0.6) is 0 Å². The first-order valence-electron chi connectivity index (χ1n) is 9.51. The number of rotatable bonds is 7. The molecule has 1 fully saturated rings. The van der Waals surface area contributed by atoms with E-state index in [2.05, 4.69) is 28.5 Å².